The van der Waals surface area contributed by atoms with E-state index in [1.165, 1.54) is 5.69 Å². The van der Waals surface area contributed by atoms with Gasteiger partial charge in [0, 0.05) is 26.3 Å². The molecule has 1 atom stereocenters. The van der Waals surface area contributed by atoms with Crippen LogP contribution in [0.5, 0.6) is 0 Å². The van der Waals surface area contributed by atoms with Gasteiger partial charge in [-0.15, -0.1) is 0 Å². The van der Waals surface area contributed by atoms with E-state index >= 15 is 0 Å². The molecular formula is C27H27N3O2. The number of carbonyl (C=O) groups is 1. The summed E-state index contributed by atoms with van der Waals surface area (Å²) in [5, 5.41) is 0. The monoisotopic (exact) mass is 425 g/mol. The Morgan fingerprint density at radius 2 is 1.78 bits per heavy atom. The van der Waals surface area contributed by atoms with E-state index in [4.69, 9.17) is 9.40 Å². The Bertz CT molecular complexity index is 1230. The van der Waals surface area contributed by atoms with Crippen molar-refractivity contribution in [1.82, 2.24) is 9.88 Å². The van der Waals surface area contributed by atoms with E-state index in [-0.39, 0.29) is 11.9 Å². The first-order valence-corrected chi connectivity index (χ1v) is 11.1. The van der Waals surface area contributed by atoms with Crippen LogP contribution in [0.3, 0.4) is 0 Å². The van der Waals surface area contributed by atoms with Crippen molar-refractivity contribution in [2.24, 2.45) is 0 Å². The molecule has 5 heteroatoms. The maximum Gasteiger partial charge on any atom is 0.227 e. The van der Waals surface area contributed by atoms with Crippen molar-refractivity contribution in [3.05, 3.63) is 84.3 Å². The summed E-state index contributed by atoms with van der Waals surface area (Å²) in [6.45, 7) is 0.749. The van der Waals surface area contributed by atoms with Crippen LogP contribution in [0.25, 0.3) is 22.2 Å². The lowest BCUT2D eigenvalue weighted by Crippen LogP contribution is -2.32. The van der Waals surface area contributed by atoms with Gasteiger partial charge in [-0.3, -0.25) is 4.79 Å². The number of carbonyl (C=O) groups excluding carboxylic acids is 1. The average molecular weight is 426 g/mol. The molecule has 0 unspecified atom stereocenters. The van der Waals surface area contributed by atoms with E-state index in [0.717, 1.165) is 47.2 Å². The smallest absolute Gasteiger partial charge is 0.227 e. The Hall–Kier alpha value is -3.60. The number of likely N-dealkylation sites (tertiary alicyclic amines) is 1. The second kappa shape index (κ2) is 8.50. The van der Waals surface area contributed by atoms with E-state index in [0.29, 0.717) is 12.3 Å². The third-order valence-corrected chi connectivity index (χ3v) is 6.18. The first kappa shape index (κ1) is 20.3. The number of benzene rings is 3. The molecule has 0 N–H and O–H groups in total. The highest BCUT2D eigenvalue weighted by molar-refractivity contribution is 5.82. The van der Waals surface area contributed by atoms with Crippen LogP contribution in [0, 0.1) is 0 Å². The van der Waals surface area contributed by atoms with Crippen molar-refractivity contribution in [3.8, 4) is 11.1 Å². The lowest BCUT2D eigenvalue weighted by Gasteiger charge is -2.22. The molecule has 1 aromatic heterocycles. The van der Waals surface area contributed by atoms with Gasteiger partial charge >= 0.3 is 0 Å². The number of fused-ring (bicyclic) bond motifs is 1. The van der Waals surface area contributed by atoms with Crippen LogP contribution in [0.2, 0.25) is 0 Å². The Kier molecular flexibility index (Phi) is 5.39. The van der Waals surface area contributed by atoms with Crippen LogP contribution in [-0.4, -0.2) is 36.4 Å². The maximum absolute atomic E-state index is 13.0. The van der Waals surface area contributed by atoms with Gasteiger partial charge in [0.2, 0.25) is 11.8 Å². The minimum Gasteiger partial charge on any atom is -0.438 e. The van der Waals surface area contributed by atoms with Gasteiger partial charge in [0.25, 0.3) is 0 Å². The van der Waals surface area contributed by atoms with Gasteiger partial charge in [0.15, 0.2) is 5.58 Å². The summed E-state index contributed by atoms with van der Waals surface area (Å²) in [6, 6.07) is 24.4. The molecule has 2 heterocycles. The summed E-state index contributed by atoms with van der Waals surface area (Å²) < 4.78 is 6.11. The molecule has 3 aromatic carbocycles. The summed E-state index contributed by atoms with van der Waals surface area (Å²) in [6.07, 6.45) is 2.25. The normalized spacial score (nSPS) is 15.9. The second-order valence-corrected chi connectivity index (χ2v) is 8.58. The predicted molar refractivity (Wildman–Crippen MR) is 128 cm³/mol. The highest BCUT2D eigenvalue weighted by Gasteiger charge is 2.33. The van der Waals surface area contributed by atoms with Gasteiger partial charge < -0.3 is 14.2 Å². The molecule has 1 amide bonds. The van der Waals surface area contributed by atoms with Crippen molar-refractivity contribution in [1.29, 1.82) is 0 Å². The van der Waals surface area contributed by atoms with Crippen LogP contribution in [-0.2, 0) is 11.2 Å². The second-order valence-electron chi connectivity index (χ2n) is 8.58. The standard InChI is InChI=1S/C27H27N3O2/c1-29(2)22-13-10-20(11-14-22)21-12-15-25-23(18-21)28-27(32-25)24-9-6-16-30(24)26(31)17-19-7-4-3-5-8-19/h3-5,7-8,10-15,18,24H,6,9,16-17H2,1-2H3/t24-/m1/s1. The third kappa shape index (κ3) is 3.98. The molecule has 0 saturated carbocycles. The third-order valence-electron chi connectivity index (χ3n) is 6.18. The molecule has 0 radical (unpaired) electrons. The van der Waals surface area contributed by atoms with Gasteiger partial charge in [-0.1, -0.05) is 48.5 Å². The number of rotatable bonds is 5. The molecule has 0 bridgehead atoms. The molecule has 1 saturated heterocycles. The number of aromatic nitrogens is 1. The fourth-order valence-corrected chi connectivity index (χ4v) is 4.41. The number of hydrogen-bond donors (Lipinski definition) is 0. The zero-order chi connectivity index (χ0) is 22.1. The minimum absolute atomic E-state index is 0.0959. The number of amides is 1. The molecule has 0 spiro atoms. The fourth-order valence-electron chi connectivity index (χ4n) is 4.41. The first-order valence-electron chi connectivity index (χ1n) is 11.1. The molecule has 4 aromatic rings. The van der Waals surface area contributed by atoms with Gasteiger partial charge in [0.1, 0.15) is 11.6 Å². The number of oxazole rings is 1. The predicted octanol–water partition coefficient (Wildman–Crippen LogP) is 5.47. The van der Waals surface area contributed by atoms with E-state index in [2.05, 4.69) is 41.3 Å². The first-order chi connectivity index (χ1) is 15.6. The summed E-state index contributed by atoms with van der Waals surface area (Å²) in [4.78, 5) is 21.8. The van der Waals surface area contributed by atoms with Crippen LogP contribution in [0.1, 0.15) is 30.3 Å². The lowest BCUT2D eigenvalue weighted by atomic mass is 10.0. The van der Waals surface area contributed by atoms with E-state index in [9.17, 15) is 4.79 Å². The van der Waals surface area contributed by atoms with E-state index < -0.39 is 0 Å². The molecule has 1 fully saturated rings. The van der Waals surface area contributed by atoms with Crippen LogP contribution >= 0.6 is 0 Å². The molecule has 1 aliphatic rings. The molecule has 5 nitrogen and oxygen atoms in total. The Morgan fingerprint density at radius 1 is 1.03 bits per heavy atom. The molecule has 5 rings (SSSR count). The summed E-state index contributed by atoms with van der Waals surface area (Å²) >= 11 is 0. The Labute approximate surface area is 188 Å². The highest BCUT2D eigenvalue weighted by Crippen LogP contribution is 2.35. The van der Waals surface area contributed by atoms with Crippen molar-refractivity contribution < 1.29 is 9.21 Å². The maximum atomic E-state index is 13.0. The van der Waals surface area contributed by atoms with E-state index in [1.807, 2.05) is 55.4 Å². The van der Waals surface area contributed by atoms with Crippen molar-refractivity contribution >= 4 is 22.7 Å². The Morgan fingerprint density at radius 3 is 2.53 bits per heavy atom. The van der Waals surface area contributed by atoms with Crippen LogP contribution < -0.4 is 4.90 Å². The van der Waals surface area contributed by atoms with Crippen LogP contribution in [0.15, 0.2) is 77.2 Å². The van der Waals surface area contributed by atoms with Gasteiger partial charge in [-0.2, -0.15) is 0 Å². The number of anilines is 1. The highest BCUT2D eigenvalue weighted by atomic mass is 16.3. The van der Waals surface area contributed by atoms with Crippen molar-refractivity contribution in [2.75, 3.05) is 25.5 Å². The number of nitrogens with zero attached hydrogens (tertiary/aromatic N) is 3. The van der Waals surface area contributed by atoms with Crippen molar-refractivity contribution in [2.45, 2.75) is 25.3 Å². The molecule has 0 aliphatic carbocycles. The van der Waals surface area contributed by atoms with Gasteiger partial charge in [0.05, 0.1) is 6.42 Å². The van der Waals surface area contributed by atoms with E-state index in [1.54, 1.807) is 0 Å². The Balaban J connectivity index is 1.38. The topological polar surface area (TPSA) is 49.6 Å². The summed E-state index contributed by atoms with van der Waals surface area (Å²) in [5.74, 6) is 0.765. The van der Waals surface area contributed by atoms with Gasteiger partial charge in [-0.05, 0) is 53.8 Å². The van der Waals surface area contributed by atoms with Gasteiger partial charge in [-0.25, -0.2) is 4.98 Å². The van der Waals surface area contributed by atoms with Crippen LogP contribution in [0.4, 0.5) is 5.69 Å². The number of hydrogen-bond acceptors (Lipinski definition) is 4. The summed E-state index contributed by atoms with van der Waals surface area (Å²) in [7, 11) is 4.07. The zero-order valence-corrected chi connectivity index (χ0v) is 18.5. The van der Waals surface area contributed by atoms with Crippen molar-refractivity contribution in [3.63, 3.8) is 0 Å². The lowest BCUT2D eigenvalue weighted by molar-refractivity contribution is -0.131. The molecular weight excluding hydrogens is 398 g/mol. The largest absolute Gasteiger partial charge is 0.438 e. The molecule has 32 heavy (non-hydrogen) atoms. The summed E-state index contributed by atoms with van der Waals surface area (Å²) in [5.41, 5.74) is 6.03. The zero-order valence-electron chi connectivity index (χ0n) is 18.5. The quantitative estimate of drug-likeness (QED) is 0.426. The minimum atomic E-state index is -0.0959. The molecule has 162 valence electrons. The SMILES string of the molecule is CN(C)c1ccc(-c2ccc3oc([C@H]4CCCN4C(=O)Cc4ccccc4)nc3c2)cc1. The average Bonchev–Trinajstić information content (AvgIpc) is 3.46. The fraction of sp³-hybridized carbons (Fsp3) is 0.259. The molecule has 1 aliphatic heterocycles.